The molecule has 3 rings (SSSR count). The molecule has 0 aliphatic carbocycles. The highest BCUT2D eigenvalue weighted by atomic mass is 127. The Morgan fingerprint density at radius 3 is 2.67 bits per heavy atom. The zero-order chi connectivity index (χ0) is 18.4. The molecule has 0 atom stereocenters. The summed E-state index contributed by atoms with van der Waals surface area (Å²) in [6, 6.07) is 16.1. The van der Waals surface area contributed by atoms with Crippen molar-refractivity contribution in [2.45, 2.75) is 13.0 Å². The average molecular weight is 476 g/mol. The van der Waals surface area contributed by atoms with Gasteiger partial charge < -0.3 is 16.0 Å². The van der Waals surface area contributed by atoms with Crippen molar-refractivity contribution in [1.29, 1.82) is 0 Å². The topological polar surface area (TPSA) is 79.4 Å². The van der Waals surface area contributed by atoms with Crippen LogP contribution in [0.3, 0.4) is 0 Å². The maximum atomic E-state index is 6.02. The summed E-state index contributed by atoms with van der Waals surface area (Å²) in [6.45, 7) is 1.21. The van der Waals surface area contributed by atoms with Gasteiger partial charge in [0, 0.05) is 44.3 Å². The molecule has 1 aromatic carbocycles. The van der Waals surface area contributed by atoms with Crippen LogP contribution in [0.25, 0.3) is 10.9 Å². The van der Waals surface area contributed by atoms with Crippen LogP contribution in [0.15, 0.2) is 59.7 Å². The van der Waals surface area contributed by atoms with Gasteiger partial charge in [0.15, 0.2) is 5.96 Å². The van der Waals surface area contributed by atoms with Gasteiger partial charge in [0.2, 0.25) is 0 Å². The molecular weight excluding hydrogens is 451 g/mol. The Morgan fingerprint density at radius 2 is 1.93 bits per heavy atom. The summed E-state index contributed by atoms with van der Waals surface area (Å²) in [5.41, 5.74) is 9.12. The van der Waals surface area contributed by atoms with Crippen molar-refractivity contribution in [3.63, 3.8) is 0 Å². The minimum Gasteiger partial charge on any atom is -0.370 e. The van der Waals surface area contributed by atoms with E-state index in [-0.39, 0.29) is 24.0 Å². The molecule has 0 unspecified atom stereocenters. The first-order valence-electron chi connectivity index (χ1n) is 8.63. The Labute approximate surface area is 176 Å². The number of nitrogens with zero attached hydrogens (tertiary/aromatic N) is 4. The fraction of sp³-hybridized carbons (Fsp3) is 0.250. The second kappa shape index (κ2) is 10.1. The van der Waals surface area contributed by atoms with Gasteiger partial charge in [-0.2, -0.15) is 0 Å². The maximum absolute atomic E-state index is 6.02. The number of fused-ring (bicyclic) bond motifs is 1. The molecule has 0 saturated heterocycles. The molecular formula is C20H25IN6. The third-order valence-corrected chi connectivity index (χ3v) is 4.08. The number of hydrogen-bond donors (Lipinski definition) is 2. The predicted octanol–water partition coefficient (Wildman–Crippen LogP) is 2.96. The maximum Gasteiger partial charge on any atom is 0.188 e. The smallest absolute Gasteiger partial charge is 0.188 e. The van der Waals surface area contributed by atoms with E-state index in [0.717, 1.165) is 34.4 Å². The van der Waals surface area contributed by atoms with E-state index in [1.54, 1.807) is 6.20 Å². The second-order valence-electron chi connectivity index (χ2n) is 6.25. The Morgan fingerprint density at radius 1 is 1.15 bits per heavy atom. The number of guanidine groups is 1. The summed E-state index contributed by atoms with van der Waals surface area (Å²) in [5, 5.41) is 4.25. The largest absolute Gasteiger partial charge is 0.370 e. The van der Waals surface area contributed by atoms with Crippen LogP contribution in [0.5, 0.6) is 0 Å². The third-order valence-electron chi connectivity index (χ3n) is 4.08. The molecule has 2 heterocycles. The number of nitrogens with one attached hydrogen (secondary N) is 1. The van der Waals surface area contributed by atoms with Gasteiger partial charge >= 0.3 is 0 Å². The summed E-state index contributed by atoms with van der Waals surface area (Å²) < 4.78 is 0. The van der Waals surface area contributed by atoms with Crippen LogP contribution < -0.4 is 16.0 Å². The van der Waals surface area contributed by atoms with Gasteiger partial charge in [-0.05, 0) is 29.8 Å². The summed E-state index contributed by atoms with van der Waals surface area (Å²) in [4.78, 5) is 15.5. The van der Waals surface area contributed by atoms with E-state index < -0.39 is 0 Å². The van der Waals surface area contributed by atoms with Crippen molar-refractivity contribution in [2.75, 3.05) is 25.5 Å². The molecule has 0 radical (unpaired) electrons. The Hall–Kier alpha value is -2.42. The number of nitrogens with two attached hydrogens (primary N) is 1. The molecule has 3 N–H and O–H groups in total. The molecule has 142 valence electrons. The molecule has 0 bridgehead atoms. The van der Waals surface area contributed by atoms with Crippen LogP contribution in [0, 0.1) is 0 Å². The number of anilines is 1. The monoisotopic (exact) mass is 476 g/mol. The summed E-state index contributed by atoms with van der Waals surface area (Å²) >= 11 is 0. The lowest BCUT2D eigenvalue weighted by molar-refractivity contribution is 0.828. The lowest BCUT2D eigenvalue weighted by atomic mass is 10.1. The Bertz CT molecular complexity index is 895. The molecule has 0 fully saturated rings. The molecule has 0 saturated carbocycles. The standard InChI is InChI=1S/C20H24N6.HI/c1-26(2)19-13-15(17-8-3-4-9-18(17)25-19)14-24-20(21)23-12-10-16-7-5-6-11-22-16;/h3-9,11,13H,10,12,14H2,1-2H3,(H3,21,23,24);1H. The van der Waals surface area contributed by atoms with Gasteiger partial charge in [0.05, 0.1) is 12.1 Å². The third kappa shape index (κ3) is 5.78. The minimum atomic E-state index is 0. The van der Waals surface area contributed by atoms with E-state index in [2.05, 4.69) is 32.4 Å². The number of hydrogen-bond acceptors (Lipinski definition) is 4. The molecule has 6 nitrogen and oxygen atoms in total. The molecule has 0 aliphatic heterocycles. The fourth-order valence-electron chi connectivity index (χ4n) is 2.68. The van der Waals surface area contributed by atoms with Crippen molar-refractivity contribution in [3.8, 4) is 0 Å². The zero-order valence-electron chi connectivity index (χ0n) is 15.6. The van der Waals surface area contributed by atoms with Crippen molar-refractivity contribution >= 4 is 46.7 Å². The Kier molecular flexibility index (Phi) is 7.78. The van der Waals surface area contributed by atoms with E-state index >= 15 is 0 Å². The van der Waals surface area contributed by atoms with Crippen LogP contribution in [0.2, 0.25) is 0 Å². The summed E-state index contributed by atoms with van der Waals surface area (Å²) in [7, 11) is 3.97. The molecule has 7 heteroatoms. The Balaban J connectivity index is 0.00000261. The van der Waals surface area contributed by atoms with Crippen molar-refractivity contribution in [2.24, 2.45) is 10.7 Å². The van der Waals surface area contributed by atoms with Gasteiger partial charge in [0.25, 0.3) is 0 Å². The zero-order valence-corrected chi connectivity index (χ0v) is 17.9. The van der Waals surface area contributed by atoms with Crippen molar-refractivity contribution in [1.82, 2.24) is 15.3 Å². The summed E-state index contributed by atoms with van der Waals surface area (Å²) in [5.74, 6) is 1.35. The number of para-hydroxylation sites is 1. The van der Waals surface area contributed by atoms with Gasteiger partial charge in [0.1, 0.15) is 5.82 Å². The highest BCUT2D eigenvalue weighted by Crippen LogP contribution is 2.22. The quantitative estimate of drug-likeness (QED) is 0.325. The van der Waals surface area contributed by atoms with Gasteiger partial charge in [-0.1, -0.05) is 24.3 Å². The van der Waals surface area contributed by atoms with Crippen LogP contribution >= 0.6 is 24.0 Å². The molecule has 3 aromatic rings. The number of halogens is 1. The molecule has 27 heavy (non-hydrogen) atoms. The molecule has 0 spiro atoms. The first kappa shape index (κ1) is 20.9. The van der Waals surface area contributed by atoms with Crippen LogP contribution in [-0.2, 0) is 13.0 Å². The number of benzene rings is 1. The minimum absolute atomic E-state index is 0. The number of rotatable bonds is 6. The lowest BCUT2D eigenvalue weighted by Gasteiger charge is -2.14. The van der Waals surface area contributed by atoms with E-state index in [9.17, 15) is 0 Å². The van der Waals surface area contributed by atoms with Gasteiger partial charge in [-0.3, -0.25) is 4.98 Å². The highest BCUT2D eigenvalue weighted by molar-refractivity contribution is 14.0. The lowest BCUT2D eigenvalue weighted by Crippen LogP contribution is -2.33. The van der Waals surface area contributed by atoms with E-state index in [1.165, 1.54) is 0 Å². The number of pyridine rings is 2. The first-order chi connectivity index (χ1) is 12.6. The van der Waals surface area contributed by atoms with Crippen molar-refractivity contribution < 1.29 is 0 Å². The average Bonchev–Trinajstić information content (AvgIpc) is 2.66. The van der Waals surface area contributed by atoms with Crippen LogP contribution in [-0.4, -0.2) is 36.6 Å². The molecule has 0 amide bonds. The second-order valence-corrected chi connectivity index (χ2v) is 6.25. The number of aromatic nitrogens is 2. The predicted molar refractivity (Wildman–Crippen MR) is 123 cm³/mol. The normalized spacial score (nSPS) is 11.1. The molecule has 0 aliphatic rings. The highest BCUT2D eigenvalue weighted by Gasteiger charge is 2.07. The van der Waals surface area contributed by atoms with Crippen LogP contribution in [0.4, 0.5) is 5.82 Å². The van der Waals surface area contributed by atoms with E-state index in [1.807, 2.05) is 55.4 Å². The van der Waals surface area contributed by atoms with E-state index in [4.69, 9.17) is 5.73 Å². The van der Waals surface area contributed by atoms with Crippen LogP contribution in [0.1, 0.15) is 11.3 Å². The first-order valence-corrected chi connectivity index (χ1v) is 8.63. The number of aliphatic imine (C=N–C) groups is 1. The van der Waals surface area contributed by atoms with Gasteiger partial charge in [-0.25, -0.2) is 9.98 Å². The fourth-order valence-corrected chi connectivity index (χ4v) is 2.68. The van der Waals surface area contributed by atoms with Gasteiger partial charge in [-0.15, -0.1) is 24.0 Å². The molecule has 2 aromatic heterocycles. The van der Waals surface area contributed by atoms with E-state index in [0.29, 0.717) is 19.0 Å². The SMILES string of the molecule is CN(C)c1cc(CN=C(N)NCCc2ccccn2)c2ccccc2n1.I. The van der Waals surface area contributed by atoms with Crippen molar-refractivity contribution in [3.05, 3.63) is 66.0 Å². The summed E-state index contributed by atoms with van der Waals surface area (Å²) in [6.07, 6.45) is 2.60.